The van der Waals surface area contributed by atoms with Crippen molar-refractivity contribution in [2.24, 2.45) is 0 Å². The van der Waals surface area contributed by atoms with Crippen LogP contribution in [0.3, 0.4) is 0 Å². The van der Waals surface area contributed by atoms with Gasteiger partial charge in [0.1, 0.15) is 21.9 Å². The minimum atomic E-state index is -0.350. The van der Waals surface area contributed by atoms with Gasteiger partial charge in [-0.2, -0.15) is 9.97 Å². The second-order valence-electron chi connectivity index (χ2n) is 2.85. The van der Waals surface area contributed by atoms with Crippen LogP contribution in [-0.4, -0.2) is 9.97 Å². The summed E-state index contributed by atoms with van der Waals surface area (Å²) in [4.78, 5) is 7.61. The lowest BCUT2D eigenvalue weighted by atomic mass is 10.3. The Bertz CT molecular complexity index is 484. The predicted octanol–water partition coefficient (Wildman–Crippen LogP) is 3.71. The predicted molar refractivity (Wildman–Crippen MR) is 58.5 cm³/mol. The van der Waals surface area contributed by atoms with Gasteiger partial charge >= 0.3 is 6.01 Å². The third-order valence-electron chi connectivity index (χ3n) is 1.67. The molecule has 0 saturated heterocycles. The average Bonchev–Trinajstić information content (AvgIpc) is 2.20. The normalized spacial score (nSPS) is 10.2. The summed E-state index contributed by atoms with van der Waals surface area (Å²) in [5.74, 6) is 0.0529. The largest absolute Gasteiger partial charge is 0.424 e. The van der Waals surface area contributed by atoms with E-state index in [-0.39, 0.29) is 22.1 Å². The fraction of sp³-hybridized carbons (Fsp3) is 0. The number of hydrogen-bond acceptors (Lipinski definition) is 3. The molecule has 0 saturated carbocycles. The van der Waals surface area contributed by atoms with E-state index in [1.807, 2.05) is 0 Å². The van der Waals surface area contributed by atoms with Gasteiger partial charge in [-0.25, -0.2) is 4.39 Å². The molecule has 0 fully saturated rings. The van der Waals surface area contributed by atoms with E-state index in [1.54, 1.807) is 0 Å². The highest BCUT2D eigenvalue weighted by Gasteiger charge is 2.04. The summed E-state index contributed by atoms with van der Waals surface area (Å²) in [6.07, 6.45) is 0. The van der Waals surface area contributed by atoms with Crippen molar-refractivity contribution in [3.63, 3.8) is 0 Å². The van der Waals surface area contributed by atoms with Crippen molar-refractivity contribution in [2.75, 3.05) is 0 Å². The maximum atomic E-state index is 12.6. The minimum Gasteiger partial charge on any atom is -0.424 e. The Morgan fingerprint density at radius 1 is 1.00 bits per heavy atom. The van der Waals surface area contributed by atoms with Gasteiger partial charge in [-0.15, -0.1) is 0 Å². The van der Waals surface area contributed by atoms with Crippen molar-refractivity contribution < 1.29 is 9.13 Å². The molecule has 82 valence electrons. The molecule has 6 heteroatoms. The molecule has 0 aliphatic carbocycles. The molecule has 0 amide bonds. The Balaban J connectivity index is 2.23. The number of benzene rings is 1. The summed E-state index contributed by atoms with van der Waals surface area (Å²) in [5.41, 5.74) is 0. The smallest absolute Gasteiger partial charge is 0.324 e. The summed E-state index contributed by atoms with van der Waals surface area (Å²) in [6, 6.07) is 6.84. The lowest BCUT2D eigenvalue weighted by Gasteiger charge is -2.03. The van der Waals surface area contributed by atoms with Gasteiger partial charge in [-0.3, -0.25) is 0 Å². The summed E-state index contributed by atoms with van der Waals surface area (Å²) < 4.78 is 17.9. The lowest BCUT2D eigenvalue weighted by Crippen LogP contribution is -1.92. The first-order valence-electron chi connectivity index (χ1n) is 4.27. The van der Waals surface area contributed by atoms with E-state index in [9.17, 15) is 4.39 Å². The van der Waals surface area contributed by atoms with Crippen LogP contribution in [0.4, 0.5) is 4.39 Å². The zero-order valence-corrected chi connectivity index (χ0v) is 9.34. The van der Waals surface area contributed by atoms with Gasteiger partial charge in [-0.1, -0.05) is 23.2 Å². The molecule has 0 atom stereocenters. The maximum absolute atomic E-state index is 12.6. The molecule has 3 nitrogen and oxygen atoms in total. The van der Waals surface area contributed by atoms with E-state index in [1.165, 1.54) is 30.3 Å². The van der Waals surface area contributed by atoms with Crippen LogP contribution in [0.2, 0.25) is 10.3 Å². The Labute approximate surface area is 101 Å². The lowest BCUT2D eigenvalue weighted by molar-refractivity contribution is 0.440. The maximum Gasteiger partial charge on any atom is 0.324 e. The van der Waals surface area contributed by atoms with Crippen LogP contribution in [0.1, 0.15) is 0 Å². The van der Waals surface area contributed by atoms with Crippen LogP contribution in [0.25, 0.3) is 0 Å². The Hall–Kier alpha value is -1.39. The molecular formula is C10H5Cl2FN2O. The van der Waals surface area contributed by atoms with Crippen molar-refractivity contribution in [1.29, 1.82) is 0 Å². The van der Waals surface area contributed by atoms with Crippen LogP contribution in [0.15, 0.2) is 30.3 Å². The molecule has 0 aliphatic heterocycles. The number of rotatable bonds is 2. The molecule has 0 aliphatic rings. The van der Waals surface area contributed by atoms with E-state index >= 15 is 0 Å². The minimum absolute atomic E-state index is 0.0177. The second kappa shape index (κ2) is 4.63. The highest BCUT2D eigenvalue weighted by atomic mass is 35.5. The van der Waals surface area contributed by atoms with Gasteiger partial charge in [0.2, 0.25) is 0 Å². The number of nitrogens with zero attached hydrogens (tertiary/aromatic N) is 2. The molecule has 1 aromatic carbocycles. The van der Waals surface area contributed by atoms with Gasteiger partial charge in [0.25, 0.3) is 0 Å². The Morgan fingerprint density at radius 2 is 1.56 bits per heavy atom. The van der Waals surface area contributed by atoms with Gasteiger partial charge in [0, 0.05) is 6.07 Å². The first-order valence-corrected chi connectivity index (χ1v) is 5.02. The fourth-order valence-corrected chi connectivity index (χ4v) is 1.43. The first-order chi connectivity index (χ1) is 7.63. The summed E-state index contributed by atoms with van der Waals surface area (Å²) in [7, 11) is 0. The highest BCUT2D eigenvalue weighted by molar-refractivity contribution is 6.33. The fourth-order valence-electron chi connectivity index (χ4n) is 1.02. The molecule has 0 bridgehead atoms. The number of ether oxygens (including phenoxy) is 1. The molecule has 0 spiro atoms. The van der Waals surface area contributed by atoms with Gasteiger partial charge in [0.05, 0.1) is 0 Å². The van der Waals surface area contributed by atoms with Gasteiger partial charge < -0.3 is 4.74 Å². The van der Waals surface area contributed by atoms with Crippen LogP contribution in [-0.2, 0) is 0 Å². The van der Waals surface area contributed by atoms with E-state index in [4.69, 9.17) is 27.9 Å². The number of halogens is 3. The van der Waals surface area contributed by atoms with E-state index < -0.39 is 0 Å². The summed E-state index contributed by atoms with van der Waals surface area (Å²) in [6.45, 7) is 0. The molecule has 0 unspecified atom stereocenters. The second-order valence-corrected chi connectivity index (χ2v) is 3.63. The Kier molecular flexibility index (Phi) is 3.22. The standard InChI is InChI=1S/C10H5Cl2FN2O/c11-8-5-9(12)15-10(14-8)16-7-3-1-6(13)2-4-7/h1-5H. The van der Waals surface area contributed by atoms with Crippen molar-refractivity contribution in [3.8, 4) is 11.8 Å². The van der Waals surface area contributed by atoms with E-state index in [0.717, 1.165) is 0 Å². The topological polar surface area (TPSA) is 35.0 Å². The van der Waals surface area contributed by atoms with Crippen LogP contribution in [0, 0.1) is 5.82 Å². The molecule has 2 rings (SSSR count). The van der Waals surface area contributed by atoms with Crippen LogP contribution in [0.5, 0.6) is 11.8 Å². The molecule has 1 aromatic heterocycles. The Morgan fingerprint density at radius 3 is 2.12 bits per heavy atom. The molecule has 1 heterocycles. The van der Waals surface area contributed by atoms with E-state index in [2.05, 4.69) is 9.97 Å². The van der Waals surface area contributed by atoms with E-state index in [0.29, 0.717) is 5.75 Å². The summed E-state index contributed by atoms with van der Waals surface area (Å²) >= 11 is 11.3. The van der Waals surface area contributed by atoms with Crippen LogP contribution < -0.4 is 4.74 Å². The molecule has 0 N–H and O–H groups in total. The van der Waals surface area contributed by atoms with Crippen molar-refractivity contribution in [2.45, 2.75) is 0 Å². The van der Waals surface area contributed by atoms with Crippen molar-refractivity contribution >= 4 is 23.2 Å². The molecule has 16 heavy (non-hydrogen) atoms. The zero-order valence-electron chi connectivity index (χ0n) is 7.82. The first kappa shape index (κ1) is 11.1. The number of hydrogen-bond donors (Lipinski definition) is 0. The average molecular weight is 259 g/mol. The zero-order chi connectivity index (χ0) is 11.5. The summed E-state index contributed by atoms with van der Waals surface area (Å²) in [5, 5.41) is 0.356. The SMILES string of the molecule is Fc1ccc(Oc2nc(Cl)cc(Cl)n2)cc1. The molecule has 2 aromatic rings. The van der Waals surface area contributed by atoms with Gasteiger partial charge in [-0.05, 0) is 24.3 Å². The van der Waals surface area contributed by atoms with Crippen LogP contribution >= 0.6 is 23.2 Å². The van der Waals surface area contributed by atoms with Crippen molar-refractivity contribution in [1.82, 2.24) is 9.97 Å². The van der Waals surface area contributed by atoms with Crippen molar-refractivity contribution in [3.05, 3.63) is 46.5 Å². The highest BCUT2D eigenvalue weighted by Crippen LogP contribution is 2.21. The number of aromatic nitrogens is 2. The molecule has 0 radical (unpaired) electrons. The third kappa shape index (κ3) is 2.81. The quantitative estimate of drug-likeness (QED) is 0.771. The van der Waals surface area contributed by atoms with Gasteiger partial charge in [0.15, 0.2) is 0 Å². The third-order valence-corrected chi connectivity index (χ3v) is 2.05. The molecular weight excluding hydrogens is 254 g/mol. The monoisotopic (exact) mass is 258 g/mol.